The van der Waals surface area contributed by atoms with Crippen molar-refractivity contribution in [2.24, 2.45) is 11.7 Å². The fraction of sp³-hybridized carbons (Fsp3) is 0.455. The average molecular weight is 231 g/mol. The molecule has 0 aliphatic carbocycles. The molecule has 0 spiro atoms. The Morgan fingerprint density at radius 2 is 2.20 bits per heavy atom. The van der Waals surface area contributed by atoms with Crippen LogP contribution in [0.4, 0.5) is 4.39 Å². The van der Waals surface area contributed by atoms with E-state index in [1.807, 2.05) is 6.92 Å². The first-order chi connectivity index (χ1) is 7.10. The van der Waals surface area contributed by atoms with Crippen LogP contribution in [-0.2, 0) is 0 Å². The third-order valence-electron chi connectivity index (χ3n) is 2.54. The lowest BCUT2D eigenvalue weighted by molar-refractivity contribution is 0.404. The van der Waals surface area contributed by atoms with Gasteiger partial charge in [0.05, 0.1) is 0 Å². The van der Waals surface area contributed by atoms with Crippen molar-refractivity contribution in [3.05, 3.63) is 34.6 Å². The fourth-order valence-corrected chi connectivity index (χ4v) is 1.82. The molecule has 0 fully saturated rings. The molecular weight excluding hydrogens is 215 g/mol. The topological polar surface area (TPSA) is 38.0 Å². The molecule has 0 heterocycles. The van der Waals surface area contributed by atoms with Gasteiger partial charge in [0, 0.05) is 16.6 Å². The van der Waals surface area contributed by atoms with E-state index in [0.29, 0.717) is 17.1 Å². The summed E-state index contributed by atoms with van der Waals surface area (Å²) in [7, 11) is 1.79. The van der Waals surface area contributed by atoms with Crippen molar-refractivity contribution in [2.75, 3.05) is 13.6 Å². The van der Waals surface area contributed by atoms with Gasteiger partial charge in [-0.2, -0.15) is 0 Å². The molecular formula is C11H16ClFN2. The number of hydrogen-bond donors (Lipinski definition) is 2. The van der Waals surface area contributed by atoms with Gasteiger partial charge in [0.2, 0.25) is 0 Å². The summed E-state index contributed by atoms with van der Waals surface area (Å²) >= 11 is 5.84. The Kier molecular flexibility index (Phi) is 4.51. The van der Waals surface area contributed by atoms with Gasteiger partial charge < -0.3 is 11.1 Å². The molecule has 3 N–H and O–H groups in total. The minimum atomic E-state index is -0.251. The van der Waals surface area contributed by atoms with Crippen molar-refractivity contribution in [2.45, 2.75) is 13.0 Å². The highest BCUT2D eigenvalue weighted by molar-refractivity contribution is 6.30. The molecule has 0 bridgehead atoms. The molecule has 0 aliphatic heterocycles. The van der Waals surface area contributed by atoms with Crippen LogP contribution in [0.1, 0.15) is 18.5 Å². The zero-order valence-electron chi connectivity index (χ0n) is 8.93. The lowest BCUT2D eigenvalue weighted by Gasteiger charge is -2.23. The molecule has 84 valence electrons. The van der Waals surface area contributed by atoms with Crippen LogP contribution in [0.25, 0.3) is 0 Å². The first kappa shape index (κ1) is 12.4. The minimum absolute atomic E-state index is 0.103. The number of nitrogens with one attached hydrogen (secondary N) is 1. The van der Waals surface area contributed by atoms with E-state index < -0.39 is 0 Å². The molecule has 0 radical (unpaired) electrons. The molecule has 0 aromatic heterocycles. The van der Waals surface area contributed by atoms with E-state index in [1.54, 1.807) is 19.2 Å². The maximum Gasteiger partial charge on any atom is 0.128 e. The summed E-state index contributed by atoms with van der Waals surface area (Å²) in [5, 5.41) is 3.60. The summed E-state index contributed by atoms with van der Waals surface area (Å²) in [4.78, 5) is 0. The summed E-state index contributed by atoms with van der Waals surface area (Å²) in [6, 6.07) is 4.46. The van der Waals surface area contributed by atoms with Gasteiger partial charge in [-0.05, 0) is 37.7 Å². The number of halogens is 2. The van der Waals surface area contributed by atoms with Crippen LogP contribution >= 0.6 is 11.6 Å². The molecule has 1 aromatic carbocycles. The maximum absolute atomic E-state index is 13.6. The molecule has 2 nitrogen and oxygen atoms in total. The lowest BCUT2D eigenvalue weighted by Crippen LogP contribution is -2.29. The number of benzene rings is 1. The first-order valence-electron chi connectivity index (χ1n) is 4.92. The number of nitrogens with two attached hydrogens (primary N) is 1. The Hall–Kier alpha value is -0.640. The van der Waals surface area contributed by atoms with Crippen LogP contribution in [0, 0.1) is 11.7 Å². The van der Waals surface area contributed by atoms with Gasteiger partial charge in [-0.3, -0.25) is 0 Å². The summed E-state index contributed by atoms with van der Waals surface area (Å²) in [5.74, 6) is -0.0954. The standard InChI is InChI=1S/C11H16ClFN2/c1-7(6-14)11(15-2)9-5-8(12)3-4-10(9)13/h3-5,7,11,15H,6,14H2,1-2H3. The van der Waals surface area contributed by atoms with Crippen LogP contribution < -0.4 is 11.1 Å². The second kappa shape index (κ2) is 5.45. The van der Waals surface area contributed by atoms with Crippen molar-refractivity contribution in [3.63, 3.8) is 0 Å². The van der Waals surface area contributed by atoms with Crippen LogP contribution in [0.2, 0.25) is 5.02 Å². The Balaban J connectivity index is 3.05. The molecule has 0 saturated heterocycles. The number of hydrogen-bond acceptors (Lipinski definition) is 2. The zero-order valence-corrected chi connectivity index (χ0v) is 9.68. The smallest absolute Gasteiger partial charge is 0.128 e. The minimum Gasteiger partial charge on any atom is -0.330 e. The van der Waals surface area contributed by atoms with E-state index in [9.17, 15) is 4.39 Å². The average Bonchev–Trinajstić information content (AvgIpc) is 2.23. The molecule has 2 unspecified atom stereocenters. The Bertz CT molecular complexity index is 330. The lowest BCUT2D eigenvalue weighted by atomic mass is 9.94. The van der Waals surface area contributed by atoms with Gasteiger partial charge in [-0.25, -0.2) is 4.39 Å². The van der Waals surface area contributed by atoms with Crippen molar-refractivity contribution in [3.8, 4) is 0 Å². The highest BCUT2D eigenvalue weighted by Crippen LogP contribution is 2.26. The van der Waals surface area contributed by atoms with Crippen LogP contribution in [0.3, 0.4) is 0 Å². The van der Waals surface area contributed by atoms with Crippen molar-refractivity contribution < 1.29 is 4.39 Å². The second-order valence-electron chi connectivity index (χ2n) is 3.65. The molecule has 2 atom stereocenters. The fourth-order valence-electron chi connectivity index (χ4n) is 1.64. The van der Waals surface area contributed by atoms with E-state index in [-0.39, 0.29) is 17.8 Å². The highest BCUT2D eigenvalue weighted by Gasteiger charge is 2.19. The highest BCUT2D eigenvalue weighted by atomic mass is 35.5. The van der Waals surface area contributed by atoms with Crippen molar-refractivity contribution in [1.29, 1.82) is 0 Å². The predicted molar refractivity (Wildman–Crippen MR) is 61.4 cm³/mol. The maximum atomic E-state index is 13.6. The molecule has 1 rings (SSSR count). The first-order valence-corrected chi connectivity index (χ1v) is 5.30. The van der Waals surface area contributed by atoms with Gasteiger partial charge in [-0.1, -0.05) is 18.5 Å². The molecule has 0 aliphatic rings. The third-order valence-corrected chi connectivity index (χ3v) is 2.78. The Labute approximate surface area is 94.6 Å². The normalized spacial score (nSPS) is 15.0. The Morgan fingerprint density at radius 3 is 2.73 bits per heavy atom. The summed E-state index contributed by atoms with van der Waals surface area (Å²) in [6.07, 6.45) is 0. The van der Waals surface area contributed by atoms with Crippen LogP contribution in [0.5, 0.6) is 0 Å². The summed E-state index contributed by atoms with van der Waals surface area (Å²) in [6.45, 7) is 2.47. The van der Waals surface area contributed by atoms with E-state index in [2.05, 4.69) is 5.32 Å². The SMILES string of the molecule is CNC(c1cc(Cl)ccc1F)C(C)CN. The van der Waals surface area contributed by atoms with Gasteiger partial charge in [0.25, 0.3) is 0 Å². The molecule has 4 heteroatoms. The third kappa shape index (κ3) is 2.91. The molecule has 1 aromatic rings. The zero-order chi connectivity index (χ0) is 11.4. The quantitative estimate of drug-likeness (QED) is 0.833. The largest absolute Gasteiger partial charge is 0.330 e. The van der Waals surface area contributed by atoms with E-state index in [1.165, 1.54) is 6.07 Å². The van der Waals surface area contributed by atoms with Crippen molar-refractivity contribution >= 4 is 11.6 Å². The summed E-state index contributed by atoms with van der Waals surface area (Å²) < 4.78 is 13.6. The second-order valence-corrected chi connectivity index (χ2v) is 4.08. The van der Waals surface area contributed by atoms with Gasteiger partial charge in [0.1, 0.15) is 5.82 Å². The van der Waals surface area contributed by atoms with Gasteiger partial charge >= 0.3 is 0 Å². The predicted octanol–water partition coefficient (Wildman–Crippen LogP) is 2.33. The molecule has 15 heavy (non-hydrogen) atoms. The van der Waals surface area contributed by atoms with Gasteiger partial charge in [0.15, 0.2) is 0 Å². The van der Waals surface area contributed by atoms with E-state index in [0.717, 1.165) is 0 Å². The van der Waals surface area contributed by atoms with Crippen molar-refractivity contribution in [1.82, 2.24) is 5.32 Å². The molecule has 0 amide bonds. The van der Waals surface area contributed by atoms with E-state index >= 15 is 0 Å². The Morgan fingerprint density at radius 1 is 1.53 bits per heavy atom. The number of rotatable bonds is 4. The summed E-state index contributed by atoms with van der Waals surface area (Å²) in [5.41, 5.74) is 6.15. The van der Waals surface area contributed by atoms with Crippen LogP contribution in [0.15, 0.2) is 18.2 Å². The van der Waals surface area contributed by atoms with Gasteiger partial charge in [-0.15, -0.1) is 0 Å². The monoisotopic (exact) mass is 230 g/mol. The van der Waals surface area contributed by atoms with Crippen LogP contribution in [-0.4, -0.2) is 13.6 Å². The van der Waals surface area contributed by atoms with E-state index in [4.69, 9.17) is 17.3 Å². The molecule has 0 saturated carbocycles.